The quantitative estimate of drug-likeness (QED) is 0.525. The van der Waals surface area contributed by atoms with Crippen molar-refractivity contribution in [1.29, 1.82) is 0 Å². The summed E-state index contributed by atoms with van der Waals surface area (Å²) in [6.07, 6.45) is 3.09. The fourth-order valence-corrected chi connectivity index (χ4v) is 2.91. The molecule has 3 rings (SSSR count). The molecule has 1 unspecified atom stereocenters. The van der Waals surface area contributed by atoms with E-state index < -0.39 is 0 Å². The minimum atomic E-state index is 0.292. The normalized spacial score (nSPS) is 19.8. The van der Waals surface area contributed by atoms with E-state index in [4.69, 9.17) is 9.47 Å². The lowest BCUT2D eigenvalue weighted by atomic mass is 10.1. The molecule has 118 valence electrons. The van der Waals surface area contributed by atoms with Gasteiger partial charge in [0.25, 0.3) is 0 Å². The first-order valence-electron chi connectivity index (χ1n) is 7.48. The molecule has 22 heavy (non-hydrogen) atoms. The van der Waals surface area contributed by atoms with E-state index in [1.807, 2.05) is 36.3 Å². The second kappa shape index (κ2) is 6.91. The summed E-state index contributed by atoms with van der Waals surface area (Å²) in [5.41, 5.74) is 0. The third kappa shape index (κ3) is 3.30. The van der Waals surface area contributed by atoms with E-state index in [0.717, 1.165) is 35.3 Å². The number of hydrogen-bond acceptors (Lipinski definition) is 5. The predicted octanol–water partition coefficient (Wildman–Crippen LogP) is 2.72. The van der Waals surface area contributed by atoms with Gasteiger partial charge in [0.1, 0.15) is 0 Å². The van der Waals surface area contributed by atoms with Crippen molar-refractivity contribution in [2.75, 3.05) is 19.9 Å². The predicted molar refractivity (Wildman–Crippen MR) is 88.5 cm³/mol. The SMILES string of the molecule is CCN=C(NSc1ccc2c(c1)OCO2)N1CC(CC)C=N1. The lowest BCUT2D eigenvalue weighted by Crippen LogP contribution is -2.34. The lowest BCUT2D eigenvalue weighted by molar-refractivity contribution is 0.174. The number of guanidine groups is 1. The Balaban J connectivity index is 1.63. The van der Waals surface area contributed by atoms with Crippen LogP contribution in [0.1, 0.15) is 20.3 Å². The van der Waals surface area contributed by atoms with E-state index in [-0.39, 0.29) is 0 Å². The number of fused-ring (bicyclic) bond motifs is 1. The first-order valence-corrected chi connectivity index (χ1v) is 8.30. The standard InChI is InChI=1S/C15H20N4O2S/c1-3-11-8-17-19(9-11)15(16-4-2)18-22-12-5-6-13-14(7-12)21-10-20-13/h5-8,11H,3-4,9-10H2,1-2H3,(H,16,18). The molecule has 1 N–H and O–H groups in total. The van der Waals surface area contributed by atoms with Gasteiger partial charge in [-0.2, -0.15) is 5.10 Å². The first kappa shape index (κ1) is 15.0. The summed E-state index contributed by atoms with van der Waals surface area (Å²) in [5.74, 6) is 2.87. The zero-order chi connectivity index (χ0) is 15.4. The fraction of sp³-hybridized carbons (Fsp3) is 0.467. The van der Waals surface area contributed by atoms with Crippen LogP contribution in [-0.2, 0) is 0 Å². The third-order valence-corrected chi connectivity index (χ3v) is 4.28. The molecule has 0 spiro atoms. The molecule has 0 bridgehead atoms. The largest absolute Gasteiger partial charge is 0.454 e. The van der Waals surface area contributed by atoms with Crippen LogP contribution in [0.4, 0.5) is 0 Å². The van der Waals surface area contributed by atoms with Crippen molar-refractivity contribution in [2.24, 2.45) is 16.0 Å². The lowest BCUT2D eigenvalue weighted by Gasteiger charge is -2.18. The topological polar surface area (TPSA) is 58.5 Å². The average molecular weight is 320 g/mol. The summed E-state index contributed by atoms with van der Waals surface area (Å²) in [5, 5.41) is 6.36. The van der Waals surface area contributed by atoms with Crippen molar-refractivity contribution in [2.45, 2.75) is 25.2 Å². The van der Waals surface area contributed by atoms with Crippen LogP contribution < -0.4 is 14.2 Å². The van der Waals surface area contributed by atoms with Gasteiger partial charge in [0.2, 0.25) is 12.8 Å². The smallest absolute Gasteiger partial charge is 0.231 e. The van der Waals surface area contributed by atoms with Gasteiger partial charge < -0.3 is 9.47 Å². The summed E-state index contributed by atoms with van der Waals surface area (Å²) in [6.45, 7) is 6.08. The average Bonchev–Trinajstić information content (AvgIpc) is 3.19. The van der Waals surface area contributed by atoms with E-state index in [1.54, 1.807) is 0 Å². The number of rotatable bonds is 4. The van der Waals surface area contributed by atoms with Crippen LogP contribution in [-0.4, -0.2) is 37.1 Å². The molecule has 0 amide bonds. The molecule has 1 aromatic rings. The molecule has 2 heterocycles. The van der Waals surface area contributed by atoms with E-state index >= 15 is 0 Å². The number of nitrogens with one attached hydrogen (secondary N) is 1. The Morgan fingerprint density at radius 1 is 1.41 bits per heavy atom. The Hall–Kier alpha value is -1.89. The van der Waals surface area contributed by atoms with Crippen LogP contribution in [0.25, 0.3) is 0 Å². The minimum Gasteiger partial charge on any atom is -0.454 e. The zero-order valence-corrected chi connectivity index (χ0v) is 13.6. The Labute approximate surface area is 134 Å². The molecule has 0 radical (unpaired) electrons. The number of ether oxygens (including phenoxy) is 2. The van der Waals surface area contributed by atoms with Gasteiger partial charge >= 0.3 is 0 Å². The van der Waals surface area contributed by atoms with Crippen molar-refractivity contribution < 1.29 is 9.47 Å². The van der Waals surface area contributed by atoms with Crippen molar-refractivity contribution in [3.63, 3.8) is 0 Å². The third-order valence-electron chi connectivity index (χ3n) is 3.51. The fourth-order valence-electron chi connectivity index (χ4n) is 2.23. The molecule has 0 saturated carbocycles. The van der Waals surface area contributed by atoms with Crippen LogP contribution in [0.5, 0.6) is 11.5 Å². The summed E-state index contributed by atoms with van der Waals surface area (Å²) in [4.78, 5) is 5.55. The number of nitrogens with zero attached hydrogens (tertiary/aromatic N) is 3. The van der Waals surface area contributed by atoms with Gasteiger partial charge in [-0.1, -0.05) is 6.92 Å². The molecule has 1 atom stereocenters. The second-order valence-corrected chi connectivity index (χ2v) is 5.91. The van der Waals surface area contributed by atoms with E-state index in [2.05, 4.69) is 21.7 Å². The van der Waals surface area contributed by atoms with E-state index in [1.165, 1.54) is 11.9 Å². The molecule has 0 saturated heterocycles. The number of benzene rings is 1. The molecule has 0 aliphatic carbocycles. The van der Waals surface area contributed by atoms with Crippen molar-refractivity contribution in [3.05, 3.63) is 18.2 Å². The molecule has 2 aliphatic rings. The first-order chi connectivity index (χ1) is 10.8. The number of hydrazone groups is 1. The van der Waals surface area contributed by atoms with Crippen LogP contribution in [0.15, 0.2) is 33.2 Å². The molecule has 1 aromatic carbocycles. The molecular weight excluding hydrogens is 300 g/mol. The summed E-state index contributed by atoms with van der Waals surface area (Å²) in [6, 6.07) is 5.88. The van der Waals surface area contributed by atoms with Crippen molar-refractivity contribution in [3.8, 4) is 11.5 Å². The van der Waals surface area contributed by atoms with E-state index in [0.29, 0.717) is 19.3 Å². The molecule has 0 fully saturated rings. The maximum Gasteiger partial charge on any atom is 0.231 e. The highest BCUT2D eigenvalue weighted by Crippen LogP contribution is 2.34. The van der Waals surface area contributed by atoms with Crippen LogP contribution in [0.2, 0.25) is 0 Å². The van der Waals surface area contributed by atoms with Gasteiger partial charge in [0.05, 0.1) is 6.54 Å². The monoisotopic (exact) mass is 320 g/mol. The highest BCUT2D eigenvalue weighted by Gasteiger charge is 2.20. The van der Waals surface area contributed by atoms with Crippen molar-refractivity contribution >= 4 is 24.1 Å². The highest BCUT2D eigenvalue weighted by atomic mass is 32.2. The van der Waals surface area contributed by atoms with Crippen molar-refractivity contribution in [1.82, 2.24) is 9.73 Å². The Morgan fingerprint density at radius 3 is 3.05 bits per heavy atom. The maximum absolute atomic E-state index is 5.39. The van der Waals surface area contributed by atoms with Gasteiger partial charge in [-0.25, -0.2) is 5.01 Å². The van der Waals surface area contributed by atoms with Gasteiger partial charge in [-0.15, -0.1) is 0 Å². The number of aliphatic imine (C=N–C) groups is 1. The molecule has 6 nitrogen and oxygen atoms in total. The van der Waals surface area contributed by atoms with Gasteiger partial charge in [0.15, 0.2) is 11.5 Å². The maximum atomic E-state index is 5.39. The molecule has 2 aliphatic heterocycles. The van der Waals surface area contributed by atoms with Crippen LogP contribution in [0, 0.1) is 5.92 Å². The Kier molecular flexibility index (Phi) is 4.72. The summed E-state index contributed by atoms with van der Waals surface area (Å²) in [7, 11) is 0. The molecular formula is C15H20N4O2S. The summed E-state index contributed by atoms with van der Waals surface area (Å²) < 4.78 is 14.0. The van der Waals surface area contributed by atoms with E-state index in [9.17, 15) is 0 Å². The molecule has 7 heteroatoms. The Bertz CT molecular complexity index is 591. The summed E-state index contributed by atoms with van der Waals surface area (Å²) >= 11 is 1.50. The van der Waals surface area contributed by atoms with Crippen LogP contribution in [0.3, 0.4) is 0 Å². The van der Waals surface area contributed by atoms with Crippen LogP contribution >= 0.6 is 11.9 Å². The Morgan fingerprint density at radius 2 is 2.27 bits per heavy atom. The highest BCUT2D eigenvalue weighted by molar-refractivity contribution is 7.98. The van der Waals surface area contributed by atoms with Gasteiger partial charge in [-0.3, -0.25) is 9.71 Å². The van der Waals surface area contributed by atoms with Gasteiger partial charge in [0, 0.05) is 23.6 Å². The number of hydrogen-bond donors (Lipinski definition) is 1. The second-order valence-electron chi connectivity index (χ2n) is 5.03. The zero-order valence-electron chi connectivity index (χ0n) is 12.8. The molecule has 0 aromatic heterocycles. The van der Waals surface area contributed by atoms with Gasteiger partial charge in [-0.05, 0) is 43.5 Å². The minimum absolute atomic E-state index is 0.292.